The minimum Gasteiger partial charge on any atom is -0.405 e. The van der Waals surface area contributed by atoms with E-state index in [-0.39, 0.29) is 21.3 Å². The Morgan fingerprint density at radius 2 is 1.93 bits per heavy atom. The fourth-order valence-electron chi connectivity index (χ4n) is 2.55. The highest BCUT2D eigenvalue weighted by molar-refractivity contribution is 5.73. The molecule has 1 aliphatic heterocycles. The normalized spacial score (nSPS) is 15.0. The third-order valence-electron chi connectivity index (χ3n) is 3.77. The number of allylic oxidation sites excluding steroid dienone is 1. The van der Waals surface area contributed by atoms with Crippen LogP contribution in [0, 0.1) is 11.6 Å². The summed E-state index contributed by atoms with van der Waals surface area (Å²) < 4.78 is 26.7. The summed E-state index contributed by atoms with van der Waals surface area (Å²) in [6.07, 6.45) is 4.37. The third kappa shape index (κ3) is 5.42. The molecule has 1 aromatic heterocycles. The van der Waals surface area contributed by atoms with Gasteiger partial charge in [0.25, 0.3) is 5.95 Å². The van der Waals surface area contributed by atoms with Gasteiger partial charge in [-0.05, 0) is 30.0 Å². The average Bonchev–Trinajstić information content (AvgIpc) is 2.66. The molecule has 0 amide bonds. The van der Waals surface area contributed by atoms with E-state index in [4.69, 9.17) is 5.73 Å². The van der Waals surface area contributed by atoms with Crippen molar-refractivity contribution in [1.29, 1.82) is 0 Å². The van der Waals surface area contributed by atoms with Crippen molar-refractivity contribution in [3.8, 4) is 0 Å². The van der Waals surface area contributed by atoms with E-state index < -0.39 is 11.6 Å². The number of aliphatic imine (C=N–C) groups is 1. The lowest BCUT2D eigenvalue weighted by Crippen LogP contribution is -2.44. The van der Waals surface area contributed by atoms with Crippen LogP contribution in [0.3, 0.4) is 0 Å². The molecule has 1 saturated heterocycles. The molecule has 1 aliphatic rings. The minimum atomic E-state index is -0.636. The quantitative estimate of drug-likeness (QED) is 0.659. The predicted molar refractivity (Wildman–Crippen MR) is 104 cm³/mol. The van der Waals surface area contributed by atoms with Crippen molar-refractivity contribution in [3.63, 3.8) is 0 Å². The summed E-state index contributed by atoms with van der Waals surface area (Å²) in [4.78, 5) is 19.1. The molecule has 2 aromatic rings. The predicted octanol–water partition coefficient (Wildman–Crippen LogP) is 1.84. The lowest BCUT2D eigenvalue weighted by atomic mass is 10.2. The van der Waals surface area contributed by atoms with Gasteiger partial charge in [-0.15, -0.1) is 0 Å². The van der Waals surface area contributed by atoms with Crippen molar-refractivity contribution in [2.75, 3.05) is 36.4 Å². The third-order valence-corrected chi connectivity index (χ3v) is 3.77. The summed E-state index contributed by atoms with van der Waals surface area (Å²) in [5.41, 5.74) is 5.73. The van der Waals surface area contributed by atoms with Crippen LogP contribution in [0.15, 0.2) is 35.5 Å². The monoisotopic (exact) mass is 378 g/mol. The second-order valence-corrected chi connectivity index (χ2v) is 5.79. The molecule has 0 saturated carbocycles. The first-order chi connectivity index (χ1) is 13.1. The zero-order valence-electron chi connectivity index (χ0n) is 14.6. The Labute approximate surface area is 158 Å². The fourth-order valence-corrected chi connectivity index (χ4v) is 2.55. The largest absolute Gasteiger partial charge is 0.405 e. The van der Waals surface area contributed by atoms with E-state index in [9.17, 15) is 8.78 Å². The number of nitrogens with two attached hydrogens (primary N) is 1. The van der Waals surface area contributed by atoms with Gasteiger partial charge in [-0.1, -0.05) is 0 Å². The molecule has 1 fully saturated rings. The molecular formula is C17H24F2N8. The Hall–Kier alpha value is -3.14. The van der Waals surface area contributed by atoms with E-state index in [0.29, 0.717) is 11.5 Å². The number of anilines is 2. The van der Waals surface area contributed by atoms with E-state index in [1.165, 1.54) is 24.5 Å². The SMILES string of the molecule is N/C=C\C=N\c1nc(NCc2cc(F)cc(F)c2)nc(N2CCNCC2)n1.[HH].[HH]. The van der Waals surface area contributed by atoms with Gasteiger partial charge >= 0.3 is 0 Å². The van der Waals surface area contributed by atoms with Crippen LogP contribution >= 0.6 is 0 Å². The molecular weight excluding hydrogens is 354 g/mol. The molecule has 4 N–H and O–H groups in total. The molecule has 10 heteroatoms. The van der Waals surface area contributed by atoms with E-state index in [0.717, 1.165) is 32.2 Å². The Bertz CT molecular complexity index is 824. The topological polar surface area (TPSA) is 104 Å². The smallest absolute Gasteiger partial charge is 0.255 e. The van der Waals surface area contributed by atoms with Crippen LogP contribution in [-0.2, 0) is 6.54 Å². The number of nitrogens with one attached hydrogen (secondary N) is 2. The van der Waals surface area contributed by atoms with Crippen molar-refractivity contribution in [2.45, 2.75) is 6.54 Å². The number of rotatable bonds is 6. The highest BCUT2D eigenvalue weighted by Crippen LogP contribution is 2.17. The molecule has 0 radical (unpaired) electrons. The number of nitrogens with zero attached hydrogens (tertiary/aromatic N) is 5. The summed E-state index contributed by atoms with van der Waals surface area (Å²) >= 11 is 0. The second-order valence-electron chi connectivity index (χ2n) is 5.79. The van der Waals surface area contributed by atoms with Gasteiger partial charge in [0.05, 0.1) is 0 Å². The van der Waals surface area contributed by atoms with Crippen LogP contribution in [0.4, 0.5) is 26.6 Å². The second kappa shape index (κ2) is 8.99. The first-order valence-corrected chi connectivity index (χ1v) is 8.45. The number of halogens is 2. The highest BCUT2D eigenvalue weighted by atomic mass is 19.1. The fraction of sp³-hybridized carbons (Fsp3) is 0.294. The molecule has 8 nitrogen and oxygen atoms in total. The van der Waals surface area contributed by atoms with Gasteiger partial charge in [-0.25, -0.2) is 13.8 Å². The van der Waals surface area contributed by atoms with Gasteiger partial charge in [0, 0.05) is 47.9 Å². The first-order valence-electron chi connectivity index (χ1n) is 8.45. The molecule has 0 atom stereocenters. The number of hydrogen-bond acceptors (Lipinski definition) is 8. The van der Waals surface area contributed by atoms with E-state index >= 15 is 0 Å². The van der Waals surface area contributed by atoms with Crippen molar-refractivity contribution >= 4 is 24.1 Å². The van der Waals surface area contributed by atoms with Gasteiger partial charge in [0.2, 0.25) is 11.9 Å². The Morgan fingerprint density at radius 1 is 1.19 bits per heavy atom. The lowest BCUT2D eigenvalue weighted by Gasteiger charge is -2.27. The van der Waals surface area contributed by atoms with Crippen LogP contribution in [0.2, 0.25) is 0 Å². The van der Waals surface area contributed by atoms with E-state index in [2.05, 4.69) is 30.6 Å². The summed E-state index contributed by atoms with van der Waals surface area (Å²) in [6, 6.07) is 3.33. The molecule has 27 heavy (non-hydrogen) atoms. The van der Waals surface area contributed by atoms with Crippen LogP contribution in [-0.4, -0.2) is 47.3 Å². The molecule has 0 unspecified atom stereocenters. The van der Waals surface area contributed by atoms with Gasteiger partial charge < -0.3 is 21.3 Å². The molecule has 0 spiro atoms. The zero-order valence-corrected chi connectivity index (χ0v) is 14.6. The van der Waals surface area contributed by atoms with Crippen LogP contribution in [0.1, 0.15) is 8.42 Å². The molecule has 3 rings (SSSR count). The van der Waals surface area contributed by atoms with E-state index in [1.807, 2.05) is 4.90 Å². The van der Waals surface area contributed by atoms with Gasteiger partial charge in [0.15, 0.2) is 0 Å². The molecule has 2 heterocycles. The van der Waals surface area contributed by atoms with E-state index in [1.54, 1.807) is 6.08 Å². The van der Waals surface area contributed by atoms with Crippen molar-refractivity contribution in [3.05, 3.63) is 47.7 Å². The molecule has 0 bridgehead atoms. The molecule has 1 aromatic carbocycles. The number of piperazine rings is 1. The summed E-state index contributed by atoms with van der Waals surface area (Å²) in [7, 11) is 0. The van der Waals surface area contributed by atoms with Crippen LogP contribution in [0.5, 0.6) is 0 Å². The summed E-state index contributed by atoms with van der Waals surface area (Å²) in [5, 5.41) is 6.23. The Morgan fingerprint density at radius 3 is 2.63 bits per heavy atom. The van der Waals surface area contributed by atoms with Gasteiger partial charge in [0.1, 0.15) is 11.6 Å². The molecule has 0 aliphatic carbocycles. The van der Waals surface area contributed by atoms with Crippen LogP contribution in [0.25, 0.3) is 0 Å². The van der Waals surface area contributed by atoms with Crippen molar-refractivity contribution in [1.82, 2.24) is 20.3 Å². The summed E-state index contributed by atoms with van der Waals surface area (Å²) in [5.74, 6) is -0.300. The minimum absolute atomic E-state index is 0. The zero-order chi connectivity index (χ0) is 19.1. The highest BCUT2D eigenvalue weighted by Gasteiger charge is 2.16. The van der Waals surface area contributed by atoms with Crippen molar-refractivity contribution < 1.29 is 11.6 Å². The first kappa shape index (κ1) is 18.6. The average molecular weight is 378 g/mol. The number of benzene rings is 1. The van der Waals surface area contributed by atoms with Gasteiger partial charge in [-0.2, -0.15) is 15.0 Å². The standard InChI is InChI=1S/C17H20F2N8.2H2/c18-13-8-12(9-14(19)10-13)11-23-16-24-15(22-3-1-2-20)25-17(26-16)27-6-4-21-5-7-27;;/h1-3,8-10,21H,4-7,11,20H2,(H,23,24,25,26);2*1H/b2-1-,22-3+;;. The maximum Gasteiger partial charge on any atom is 0.255 e. The maximum absolute atomic E-state index is 13.3. The Kier molecular flexibility index (Phi) is 6.21. The number of aromatic nitrogens is 3. The number of hydrogen-bond donors (Lipinski definition) is 3. The molecule has 146 valence electrons. The van der Waals surface area contributed by atoms with Crippen LogP contribution < -0.4 is 21.3 Å². The maximum atomic E-state index is 13.3. The van der Waals surface area contributed by atoms with Gasteiger partial charge in [-0.3, -0.25) is 0 Å². The summed E-state index contributed by atoms with van der Waals surface area (Å²) in [6.45, 7) is 3.32. The lowest BCUT2D eigenvalue weighted by molar-refractivity contribution is 0.578. The Balaban J connectivity index is 0.00000210. The van der Waals surface area contributed by atoms with Crippen molar-refractivity contribution in [2.24, 2.45) is 10.7 Å².